The fourth-order valence-corrected chi connectivity index (χ4v) is 0.965. The largest absolute Gasteiger partial charge is 0.487 e. The van der Waals surface area contributed by atoms with Crippen molar-refractivity contribution < 1.29 is 9.13 Å². The summed E-state index contributed by atoms with van der Waals surface area (Å²) < 4.78 is 17.9. The van der Waals surface area contributed by atoms with Gasteiger partial charge in [0.2, 0.25) is 0 Å². The summed E-state index contributed by atoms with van der Waals surface area (Å²) in [5.74, 6) is 0.122. The molecular formula is C11H12ClFN2O. The van der Waals surface area contributed by atoms with Crippen LogP contribution in [0.1, 0.15) is 5.56 Å². The molecule has 3 nitrogen and oxygen atoms in total. The molecule has 86 valence electrons. The summed E-state index contributed by atoms with van der Waals surface area (Å²) in [4.78, 5) is 0. The van der Waals surface area contributed by atoms with Gasteiger partial charge in [-0.1, -0.05) is 0 Å². The van der Waals surface area contributed by atoms with Crippen molar-refractivity contribution in [3.8, 4) is 11.8 Å². The highest BCUT2D eigenvalue weighted by atomic mass is 35.5. The van der Waals surface area contributed by atoms with Crippen molar-refractivity contribution in [2.24, 2.45) is 5.73 Å². The maximum Gasteiger partial charge on any atom is 0.139 e. The second-order valence-electron chi connectivity index (χ2n) is 2.81. The third-order valence-corrected chi connectivity index (χ3v) is 1.70. The minimum absolute atomic E-state index is 0. The Labute approximate surface area is 99.7 Å². The average molecular weight is 243 g/mol. The van der Waals surface area contributed by atoms with Crippen molar-refractivity contribution in [2.45, 2.75) is 0 Å². The van der Waals surface area contributed by atoms with E-state index in [1.165, 1.54) is 6.08 Å². The molecule has 0 saturated heterocycles. The lowest BCUT2D eigenvalue weighted by Crippen LogP contribution is -2.01. The number of hydrogen-bond donors (Lipinski definition) is 1. The number of rotatable bonds is 4. The average Bonchev–Trinajstić information content (AvgIpc) is 2.27. The van der Waals surface area contributed by atoms with Gasteiger partial charge in [-0.15, -0.1) is 12.4 Å². The molecule has 5 heteroatoms. The molecular weight excluding hydrogens is 231 g/mol. The maximum absolute atomic E-state index is 12.8. The molecule has 0 amide bonds. The topological polar surface area (TPSA) is 59.0 Å². The number of nitriles is 1. The Balaban J connectivity index is 0.00000225. The fraction of sp³-hybridized carbons (Fsp3) is 0.182. The Morgan fingerprint density at radius 3 is 2.56 bits per heavy atom. The van der Waals surface area contributed by atoms with Crippen LogP contribution in [-0.4, -0.2) is 13.2 Å². The van der Waals surface area contributed by atoms with Gasteiger partial charge in [-0.05, 0) is 30.3 Å². The van der Waals surface area contributed by atoms with Gasteiger partial charge in [0.25, 0.3) is 0 Å². The van der Waals surface area contributed by atoms with E-state index in [4.69, 9.17) is 15.7 Å². The van der Waals surface area contributed by atoms with E-state index in [9.17, 15) is 4.39 Å². The van der Waals surface area contributed by atoms with E-state index in [0.717, 1.165) is 0 Å². The quantitative estimate of drug-likeness (QED) is 0.880. The summed E-state index contributed by atoms with van der Waals surface area (Å²) in [6, 6.07) is 8.44. The summed E-state index contributed by atoms with van der Waals surface area (Å²) in [7, 11) is 0. The molecule has 0 spiro atoms. The van der Waals surface area contributed by atoms with Gasteiger partial charge in [-0.2, -0.15) is 5.26 Å². The highest BCUT2D eigenvalue weighted by molar-refractivity contribution is 5.85. The summed E-state index contributed by atoms with van der Waals surface area (Å²) in [5.41, 5.74) is 5.67. The summed E-state index contributed by atoms with van der Waals surface area (Å²) in [5, 5.41) is 8.54. The van der Waals surface area contributed by atoms with Crippen LogP contribution in [0.2, 0.25) is 0 Å². The molecule has 0 aliphatic carbocycles. The number of nitrogens with two attached hydrogens (primary N) is 1. The zero-order valence-electron chi connectivity index (χ0n) is 8.52. The van der Waals surface area contributed by atoms with Crippen LogP contribution in [0.5, 0.6) is 5.75 Å². The number of hydrogen-bond acceptors (Lipinski definition) is 3. The van der Waals surface area contributed by atoms with Gasteiger partial charge >= 0.3 is 0 Å². The molecule has 1 aromatic carbocycles. The number of nitrogens with zero attached hydrogens (tertiary/aromatic N) is 1. The fourth-order valence-electron chi connectivity index (χ4n) is 0.965. The van der Waals surface area contributed by atoms with Gasteiger partial charge in [0.15, 0.2) is 0 Å². The van der Waals surface area contributed by atoms with Crippen molar-refractivity contribution in [2.75, 3.05) is 13.2 Å². The van der Waals surface area contributed by atoms with Gasteiger partial charge in [0.05, 0.1) is 11.6 Å². The molecule has 0 aliphatic heterocycles. The molecule has 1 aromatic rings. The Bertz CT molecular complexity index is 384. The molecule has 0 fully saturated rings. The van der Waals surface area contributed by atoms with Crippen molar-refractivity contribution in [3.63, 3.8) is 0 Å². The molecule has 0 atom stereocenters. The first-order valence-electron chi connectivity index (χ1n) is 4.44. The van der Waals surface area contributed by atoms with Gasteiger partial charge in [0.1, 0.15) is 18.2 Å². The molecule has 0 aliphatic rings. The summed E-state index contributed by atoms with van der Waals surface area (Å²) in [6.45, 7) is 0.0195. The molecule has 0 aromatic heterocycles. The van der Waals surface area contributed by atoms with Crippen molar-refractivity contribution in [3.05, 3.63) is 41.7 Å². The SMILES string of the molecule is Cl.N#Cc1ccc(OC/C(F)=C\CN)cc1. The molecule has 0 saturated carbocycles. The summed E-state index contributed by atoms with van der Waals surface area (Å²) >= 11 is 0. The Morgan fingerprint density at radius 2 is 2.06 bits per heavy atom. The molecule has 0 unspecified atom stereocenters. The maximum atomic E-state index is 12.8. The lowest BCUT2D eigenvalue weighted by atomic mass is 10.2. The van der Waals surface area contributed by atoms with Crippen LogP contribution in [-0.2, 0) is 0 Å². The Kier molecular flexibility index (Phi) is 6.93. The number of ether oxygens (including phenoxy) is 1. The highest BCUT2D eigenvalue weighted by Gasteiger charge is 1.97. The summed E-state index contributed by atoms with van der Waals surface area (Å²) in [6.07, 6.45) is 1.25. The van der Waals surface area contributed by atoms with Gasteiger partial charge in [-0.3, -0.25) is 0 Å². The van der Waals surface area contributed by atoms with Crippen LogP contribution in [0, 0.1) is 11.3 Å². The van der Waals surface area contributed by atoms with Crippen LogP contribution in [0.3, 0.4) is 0 Å². The van der Waals surface area contributed by atoms with E-state index in [0.29, 0.717) is 11.3 Å². The minimum Gasteiger partial charge on any atom is -0.487 e. The number of halogens is 2. The van der Waals surface area contributed by atoms with Crippen molar-refractivity contribution in [1.82, 2.24) is 0 Å². The second-order valence-corrected chi connectivity index (χ2v) is 2.81. The zero-order valence-corrected chi connectivity index (χ0v) is 9.34. The van der Waals surface area contributed by atoms with E-state index in [-0.39, 0.29) is 25.6 Å². The van der Waals surface area contributed by atoms with Gasteiger partial charge in [0, 0.05) is 6.54 Å². The molecule has 16 heavy (non-hydrogen) atoms. The van der Waals surface area contributed by atoms with E-state index in [2.05, 4.69) is 0 Å². The number of benzene rings is 1. The third kappa shape index (κ3) is 4.78. The lowest BCUT2D eigenvalue weighted by molar-refractivity contribution is 0.318. The second kappa shape index (κ2) is 7.69. The third-order valence-electron chi connectivity index (χ3n) is 1.70. The normalized spacial score (nSPS) is 10.2. The van der Waals surface area contributed by atoms with E-state index < -0.39 is 5.83 Å². The van der Waals surface area contributed by atoms with Crippen LogP contribution in [0.15, 0.2) is 36.2 Å². The highest BCUT2D eigenvalue weighted by Crippen LogP contribution is 2.12. The minimum atomic E-state index is -0.401. The first-order chi connectivity index (χ1) is 7.26. The standard InChI is InChI=1S/C11H11FN2O.ClH/c12-10(5-6-13)8-15-11-3-1-9(7-14)2-4-11;/h1-5H,6,8,13H2;1H/b10-5+;. The van der Waals surface area contributed by atoms with Crippen LogP contribution in [0.4, 0.5) is 4.39 Å². The van der Waals surface area contributed by atoms with Crippen molar-refractivity contribution in [1.29, 1.82) is 5.26 Å². The van der Waals surface area contributed by atoms with Gasteiger partial charge < -0.3 is 10.5 Å². The van der Waals surface area contributed by atoms with E-state index >= 15 is 0 Å². The first kappa shape index (κ1) is 14.4. The molecule has 0 radical (unpaired) electrons. The Hall–Kier alpha value is -1.57. The molecule has 0 heterocycles. The first-order valence-corrected chi connectivity index (χ1v) is 4.44. The predicted molar refractivity (Wildman–Crippen MR) is 62.1 cm³/mol. The van der Waals surface area contributed by atoms with Crippen LogP contribution in [0.25, 0.3) is 0 Å². The molecule has 0 bridgehead atoms. The van der Waals surface area contributed by atoms with Crippen LogP contribution >= 0.6 is 12.4 Å². The van der Waals surface area contributed by atoms with E-state index in [1.54, 1.807) is 24.3 Å². The van der Waals surface area contributed by atoms with Crippen LogP contribution < -0.4 is 10.5 Å². The smallest absolute Gasteiger partial charge is 0.139 e. The lowest BCUT2D eigenvalue weighted by Gasteiger charge is -2.03. The van der Waals surface area contributed by atoms with E-state index in [1.807, 2.05) is 6.07 Å². The monoisotopic (exact) mass is 242 g/mol. The Morgan fingerprint density at radius 1 is 1.44 bits per heavy atom. The zero-order chi connectivity index (χ0) is 11.1. The molecule has 2 N–H and O–H groups in total. The molecule has 1 rings (SSSR count). The van der Waals surface area contributed by atoms with Crippen molar-refractivity contribution >= 4 is 12.4 Å². The van der Waals surface area contributed by atoms with Gasteiger partial charge in [-0.25, -0.2) is 4.39 Å². The predicted octanol–water partition coefficient (Wildman–Crippen LogP) is 2.17.